The molecule has 0 bridgehead atoms. The van der Waals surface area contributed by atoms with E-state index in [1.165, 1.54) is 21.9 Å². The standard InChI is InChI=1S/C44H50FN7O8/c1-25(2)35(48-41(57)58)37(53)50-23-5-21-43(50,39(46)55)29-11-7-27(8-12-29)33-19-20-34(52(33)32-17-15-31(45)16-18-32)28-9-13-30(14-10-28)44(40(47)56)22-6-24-51(44)38(54)36(26(3)4)49-42(59)60/h7-20,25-26,35-36,48-49H,5-6,21-24H2,1-4H3,(H2,46,55)(H2,47,56)(H,57,58)(H,59,60)/t35-,36-,43-,44-/m0/s1. The molecule has 0 saturated carbocycles. The summed E-state index contributed by atoms with van der Waals surface area (Å²) in [5.74, 6) is -3.79. The van der Waals surface area contributed by atoms with E-state index < -0.39 is 76.6 Å². The maximum atomic E-state index is 14.2. The van der Waals surface area contributed by atoms with E-state index in [1.54, 1.807) is 88.4 Å². The van der Waals surface area contributed by atoms with Gasteiger partial charge in [0.15, 0.2) is 0 Å². The van der Waals surface area contributed by atoms with Crippen molar-refractivity contribution in [2.24, 2.45) is 23.3 Å². The molecule has 0 aliphatic carbocycles. The predicted octanol–water partition coefficient (Wildman–Crippen LogP) is 5.14. The molecule has 316 valence electrons. The van der Waals surface area contributed by atoms with Crippen LogP contribution in [0.25, 0.3) is 28.2 Å². The highest BCUT2D eigenvalue weighted by molar-refractivity contribution is 5.96. The quantitative estimate of drug-likeness (QED) is 0.106. The molecular formula is C44H50FN7O8. The van der Waals surface area contributed by atoms with E-state index in [9.17, 15) is 43.4 Å². The summed E-state index contributed by atoms with van der Waals surface area (Å²) in [6.45, 7) is 7.26. The number of halogens is 1. The maximum absolute atomic E-state index is 14.2. The van der Waals surface area contributed by atoms with Gasteiger partial charge in [0.1, 0.15) is 29.0 Å². The number of nitrogens with zero attached hydrogens (tertiary/aromatic N) is 3. The number of amides is 6. The van der Waals surface area contributed by atoms with Gasteiger partial charge in [-0.25, -0.2) is 14.0 Å². The Morgan fingerprint density at radius 2 is 0.967 bits per heavy atom. The second-order valence-electron chi connectivity index (χ2n) is 16.0. The van der Waals surface area contributed by atoms with Crippen molar-refractivity contribution in [1.82, 2.24) is 25.0 Å². The molecule has 2 saturated heterocycles. The van der Waals surface area contributed by atoms with Crippen LogP contribution < -0.4 is 22.1 Å². The number of hydrogen-bond acceptors (Lipinski definition) is 6. The molecule has 1 aromatic heterocycles. The molecule has 2 fully saturated rings. The number of nitrogens with one attached hydrogen (secondary N) is 2. The Bertz CT molecular complexity index is 2160. The number of aromatic nitrogens is 1. The largest absolute Gasteiger partial charge is 0.465 e. The molecule has 6 amide bonds. The Hall–Kier alpha value is -6.71. The Labute approximate surface area is 346 Å². The molecule has 6 rings (SSSR count). The van der Waals surface area contributed by atoms with Crippen LogP contribution in [0, 0.1) is 17.7 Å². The van der Waals surface area contributed by atoms with Gasteiger partial charge in [-0.05, 0) is 96.2 Å². The highest BCUT2D eigenvalue weighted by Gasteiger charge is 2.53. The highest BCUT2D eigenvalue weighted by atomic mass is 19.1. The van der Waals surface area contributed by atoms with Gasteiger partial charge in [-0.3, -0.25) is 19.2 Å². The highest BCUT2D eigenvalue weighted by Crippen LogP contribution is 2.43. The molecule has 3 aromatic carbocycles. The molecule has 2 aliphatic heterocycles. The summed E-state index contributed by atoms with van der Waals surface area (Å²) >= 11 is 0. The van der Waals surface area contributed by atoms with Crippen LogP contribution in [0.5, 0.6) is 0 Å². The van der Waals surface area contributed by atoms with Crippen LogP contribution in [-0.2, 0) is 30.3 Å². The Balaban J connectivity index is 1.39. The minimum atomic E-state index is -1.51. The van der Waals surface area contributed by atoms with Crippen molar-refractivity contribution in [3.05, 3.63) is 102 Å². The second-order valence-corrected chi connectivity index (χ2v) is 16.0. The lowest BCUT2D eigenvalue weighted by Gasteiger charge is -2.39. The lowest BCUT2D eigenvalue weighted by atomic mass is 9.85. The SMILES string of the molecule is CC(C)[C@H](NC(=O)O)C(=O)N1CCC[C@@]1(C(N)=O)c1ccc(-c2ccc(-c3ccc([C@]4(C(N)=O)CCCN4C(=O)[C@@H](NC(=O)O)C(C)C)cc3)n2-c2ccc(F)cc2)cc1. The summed E-state index contributed by atoms with van der Waals surface area (Å²) in [5, 5.41) is 23.5. The Morgan fingerprint density at radius 3 is 1.28 bits per heavy atom. The van der Waals surface area contributed by atoms with Gasteiger partial charge in [-0.2, -0.15) is 0 Å². The summed E-state index contributed by atoms with van der Waals surface area (Å²) in [6, 6.07) is 21.6. The van der Waals surface area contributed by atoms with Gasteiger partial charge >= 0.3 is 12.2 Å². The molecule has 0 unspecified atom stereocenters. The fourth-order valence-electron chi connectivity index (χ4n) is 8.85. The third-order valence-electron chi connectivity index (χ3n) is 11.8. The number of benzene rings is 3. The number of carbonyl (C=O) groups is 6. The van der Waals surface area contributed by atoms with Gasteiger partial charge < -0.3 is 46.7 Å². The second kappa shape index (κ2) is 16.9. The van der Waals surface area contributed by atoms with E-state index in [0.717, 1.165) is 0 Å². The first-order valence-electron chi connectivity index (χ1n) is 19.8. The summed E-state index contributed by atoms with van der Waals surface area (Å²) in [4.78, 5) is 80.3. The van der Waals surface area contributed by atoms with Crippen LogP contribution in [0.3, 0.4) is 0 Å². The first-order chi connectivity index (χ1) is 28.4. The van der Waals surface area contributed by atoms with Crippen molar-refractivity contribution in [2.75, 3.05) is 13.1 Å². The minimum Gasteiger partial charge on any atom is -0.465 e. The number of carboxylic acid groups (broad SMARTS) is 2. The molecule has 16 heteroatoms. The average molecular weight is 824 g/mol. The van der Waals surface area contributed by atoms with Crippen molar-refractivity contribution < 1.29 is 43.4 Å². The van der Waals surface area contributed by atoms with Crippen LogP contribution in [0.15, 0.2) is 84.9 Å². The Kier molecular flexibility index (Phi) is 12.1. The Morgan fingerprint density at radius 1 is 0.600 bits per heavy atom. The first-order valence-corrected chi connectivity index (χ1v) is 19.8. The maximum Gasteiger partial charge on any atom is 0.405 e. The minimum absolute atomic E-state index is 0.207. The van der Waals surface area contributed by atoms with Gasteiger partial charge in [0, 0.05) is 18.8 Å². The molecule has 4 atom stereocenters. The average Bonchev–Trinajstić information content (AvgIpc) is 3.97. The van der Waals surface area contributed by atoms with Crippen molar-refractivity contribution in [3.8, 4) is 28.2 Å². The van der Waals surface area contributed by atoms with E-state index >= 15 is 0 Å². The van der Waals surface area contributed by atoms with Crippen molar-refractivity contribution in [1.29, 1.82) is 0 Å². The van der Waals surface area contributed by atoms with Crippen LogP contribution in [-0.4, -0.2) is 85.6 Å². The third-order valence-corrected chi connectivity index (χ3v) is 11.8. The number of primary amides is 2. The van der Waals surface area contributed by atoms with E-state index in [-0.39, 0.29) is 25.9 Å². The zero-order valence-electron chi connectivity index (χ0n) is 33.9. The third kappa shape index (κ3) is 7.64. The lowest BCUT2D eigenvalue weighted by Crippen LogP contribution is -2.59. The van der Waals surface area contributed by atoms with Crippen LogP contribution in [0.2, 0.25) is 0 Å². The molecule has 8 N–H and O–H groups in total. The smallest absolute Gasteiger partial charge is 0.405 e. The number of hydrogen-bond donors (Lipinski definition) is 6. The van der Waals surface area contributed by atoms with Crippen molar-refractivity contribution in [3.63, 3.8) is 0 Å². The number of nitrogens with two attached hydrogens (primary N) is 2. The van der Waals surface area contributed by atoms with Crippen LogP contribution in [0.4, 0.5) is 14.0 Å². The molecule has 0 radical (unpaired) electrons. The fraction of sp³-hybridized carbons (Fsp3) is 0.364. The predicted molar refractivity (Wildman–Crippen MR) is 220 cm³/mol. The lowest BCUT2D eigenvalue weighted by molar-refractivity contribution is -0.146. The topological polar surface area (TPSA) is 230 Å². The molecule has 60 heavy (non-hydrogen) atoms. The number of carbonyl (C=O) groups excluding carboxylic acids is 4. The monoisotopic (exact) mass is 823 g/mol. The number of likely N-dealkylation sites (tertiary alicyclic amines) is 2. The van der Waals surface area contributed by atoms with Gasteiger partial charge in [0.05, 0.1) is 11.4 Å². The summed E-state index contributed by atoms with van der Waals surface area (Å²) in [5.41, 5.74) is 13.5. The van der Waals surface area contributed by atoms with E-state index in [0.29, 0.717) is 52.2 Å². The van der Waals surface area contributed by atoms with Crippen LogP contribution in [0.1, 0.15) is 64.5 Å². The van der Waals surface area contributed by atoms with Crippen LogP contribution >= 0.6 is 0 Å². The van der Waals surface area contributed by atoms with Gasteiger partial charge in [0.2, 0.25) is 23.6 Å². The van der Waals surface area contributed by atoms with E-state index in [1.807, 2.05) is 16.7 Å². The molecule has 15 nitrogen and oxygen atoms in total. The van der Waals surface area contributed by atoms with Gasteiger partial charge in [-0.1, -0.05) is 76.2 Å². The molecule has 4 aromatic rings. The summed E-state index contributed by atoms with van der Waals surface area (Å²) in [7, 11) is 0. The molecule has 2 aliphatic rings. The normalized spacial score (nSPS) is 19.9. The van der Waals surface area contributed by atoms with Crippen molar-refractivity contribution >= 4 is 35.8 Å². The number of rotatable bonds is 13. The first kappa shape index (κ1) is 42.9. The summed E-state index contributed by atoms with van der Waals surface area (Å²) in [6.07, 6.45) is -1.28. The van der Waals surface area contributed by atoms with E-state index in [2.05, 4.69) is 10.6 Å². The zero-order chi connectivity index (χ0) is 43.7. The summed E-state index contributed by atoms with van der Waals surface area (Å²) < 4.78 is 16.2. The van der Waals surface area contributed by atoms with Gasteiger partial charge in [-0.15, -0.1) is 0 Å². The fourth-order valence-corrected chi connectivity index (χ4v) is 8.85. The van der Waals surface area contributed by atoms with Gasteiger partial charge in [0.25, 0.3) is 0 Å². The molecular weight excluding hydrogens is 774 g/mol. The molecule has 3 heterocycles. The van der Waals surface area contributed by atoms with Crippen molar-refractivity contribution in [2.45, 2.75) is 76.5 Å². The zero-order valence-corrected chi connectivity index (χ0v) is 33.9. The van der Waals surface area contributed by atoms with E-state index in [4.69, 9.17) is 11.5 Å². The molecule has 0 spiro atoms.